The molecule has 0 atom stereocenters. The summed E-state index contributed by atoms with van der Waals surface area (Å²) in [7, 11) is 0. The summed E-state index contributed by atoms with van der Waals surface area (Å²) in [6.45, 7) is -0.496. The van der Waals surface area contributed by atoms with Gasteiger partial charge in [0.05, 0.1) is 0 Å². The van der Waals surface area contributed by atoms with Gasteiger partial charge in [-0.1, -0.05) is 6.58 Å². The molecule has 0 spiro atoms. The van der Waals surface area contributed by atoms with Gasteiger partial charge in [-0.15, -0.1) is 0 Å². The number of carbonyl (C=O) groups excluding carboxylic acids is 3. The first-order chi connectivity index (χ1) is 8.24. The van der Waals surface area contributed by atoms with Crippen molar-refractivity contribution in [3.05, 3.63) is 12.7 Å². The van der Waals surface area contributed by atoms with Crippen LogP contribution in [0.15, 0.2) is 12.7 Å². The number of carbonyl (C=O) groups is 3. The van der Waals surface area contributed by atoms with Gasteiger partial charge in [-0.05, 0) is 0 Å². The normalized spacial score (nSPS) is 10.4. The summed E-state index contributed by atoms with van der Waals surface area (Å²) in [4.78, 5) is 32.0. The number of ether oxygens (including phenoxy) is 3. The molecule has 0 rings (SSSR count). The molecular weight excluding hydrogens is 261 g/mol. The Morgan fingerprint density at radius 3 is 2.00 bits per heavy atom. The lowest BCUT2D eigenvalue weighted by molar-refractivity contribution is -0.190. The van der Waals surface area contributed by atoms with Crippen LogP contribution in [0, 0.1) is 0 Å². The van der Waals surface area contributed by atoms with E-state index >= 15 is 0 Å². The van der Waals surface area contributed by atoms with Crippen LogP contribution >= 0.6 is 0 Å². The summed E-state index contributed by atoms with van der Waals surface area (Å²) in [6, 6.07) is 0. The van der Waals surface area contributed by atoms with Crippen LogP contribution < -0.4 is 0 Å². The first-order valence-corrected chi connectivity index (χ1v) is 4.42. The number of hydrogen-bond acceptors (Lipinski definition) is 6. The Balaban J connectivity index is 3.75. The first kappa shape index (κ1) is 15.9. The highest BCUT2D eigenvalue weighted by atomic mass is 19.4. The van der Waals surface area contributed by atoms with Gasteiger partial charge in [0, 0.05) is 6.08 Å². The van der Waals surface area contributed by atoms with E-state index in [2.05, 4.69) is 20.8 Å². The van der Waals surface area contributed by atoms with Crippen molar-refractivity contribution in [2.24, 2.45) is 0 Å². The third-order valence-corrected chi connectivity index (χ3v) is 1.25. The predicted molar refractivity (Wildman–Crippen MR) is 49.1 cm³/mol. The van der Waals surface area contributed by atoms with Crippen molar-refractivity contribution in [3.8, 4) is 0 Å². The highest BCUT2D eigenvalue weighted by Crippen LogP contribution is 2.14. The Hall–Kier alpha value is -2.06. The lowest BCUT2D eigenvalue weighted by Crippen LogP contribution is -2.25. The van der Waals surface area contributed by atoms with Crippen molar-refractivity contribution < 1.29 is 41.8 Å². The van der Waals surface area contributed by atoms with Gasteiger partial charge in [0.15, 0.2) is 19.8 Å². The van der Waals surface area contributed by atoms with Crippen LogP contribution in [0.1, 0.15) is 0 Å². The molecule has 0 bridgehead atoms. The molecule has 0 aromatic heterocycles. The van der Waals surface area contributed by atoms with Crippen LogP contribution in [-0.2, 0) is 28.6 Å². The standard InChI is InChI=1S/C9H9F3O6/c1-2-6(13)16-3-7(14)17-4-8(15)18-5-9(10,11)12/h2H,1,3-5H2. The smallest absolute Gasteiger partial charge is 0.422 e. The molecule has 0 aliphatic carbocycles. The summed E-state index contributed by atoms with van der Waals surface area (Å²) in [5.41, 5.74) is 0. The van der Waals surface area contributed by atoms with E-state index in [9.17, 15) is 27.6 Å². The molecule has 0 aromatic rings. The molecule has 0 aliphatic rings. The highest BCUT2D eigenvalue weighted by molar-refractivity contribution is 5.84. The zero-order chi connectivity index (χ0) is 14.2. The van der Waals surface area contributed by atoms with Gasteiger partial charge in [0.1, 0.15) is 0 Å². The molecule has 9 heteroatoms. The Morgan fingerprint density at radius 2 is 1.50 bits per heavy atom. The Kier molecular flexibility index (Phi) is 6.47. The fraction of sp³-hybridized carbons (Fsp3) is 0.444. The van der Waals surface area contributed by atoms with E-state index in [1.54, 1.807) is 0 Å². The van der Waals surface area contributed by atoms with Crippen LogP contribution in [0.5, 0.6) is 0 Å². The fourth-order valence-corrected chi connectivity index (χ4v) is 0.574. The van der Waals surface area contributed by atoms with Gasteiger partial charge < -0.3 is 14.2 Å². The minimum Gasteiger partial charge on any atom is -0.454 e. The SMILES string of the molecule is C=CC(=O)OCC(=O)OCC(=O)OCC(F)(F)F. The maximum absolute atomic E-state index is 11.6. The zero-order valence-electron chi connectivity index (χ0n) is 8.99. The summed E-state index contributed by atoms with van der Waals surface area (Å²) in [5, 5.41) is 0. The Morgan fingerprint density at radius 1 is 1.00 bits per heavy atom. The minimum atomic E-state index is -4.65. The molecule has 102 valence electrons. The third kappa shape index (κ3) is 9.19. The van der Waals surface area contributed by atoms with Gasteiger partial charge in [-0.2, -0.15) is 13.2 Å². The lowest BCUT2D eigenvalue weighted by atomic mass is 10.6. The van der Waals surface area contributed by atoms with Crippen LogP contribution in [-0.4, -0.2) is 43.9 Å². The van der Waals surface area contributed by atoms with E-state index in [1.165, 1.54) is 0 Å². The molecule has 0 fully saturated rings. The molecule has 0 heterocycles. The average molecular weight is 270 g/mol. The van der Waals surface area contributed by atoms with Gasteiger partial charge in [0.2, 0.25) is 0 Å². The number of alkyl halides is 3. The largest absolute Gasteiger partial charge is 0.454 e. The maximum atomic E-state index is 11.6. The van der Waals surface area contributed by atoms with Crippen molar-refractivity contribution in [1.82, 2.24) is 0 Å². The van der Waals surface area contributed by atoms with Crippen LogP contribution in [0.2, 0.25) is 0 Å². The molecular formula is C9H9F3O6. The van der Waals surface area contributed by atoms with E-state index in [1.807, 2.05) is 0 Å². The van der Waals surface area contributed by atoms with Gasteiger partial charge in [0.25, 0.3) is 0 Å². The third-order valence-electron chi connectivity index (χ3n) is 1.25. The zero-order valence-corrected chi connectivity index (χ0v) is 8.99. The van der Waals surface area contributed by atoms with E-state index < -0.39 is 43.9 Å². The molecule has 0 saturated heterocycles. The van der Waals surface area contributed by atoms with Crippen LogP contribution in [0.3, 0.4) is 0 Å². The van der Waals surface area contributed by atoms with Crippen molar-refractivity contribution in [1.29, 1.82) is 0 Å². The lowest BCUT2D eigenvalue weighted by Gasteiger charge is -2.08. The molecule has 0 amide bonds. The highest BCUT2D eigenvalue weighted by Gasteiger charge is 2.29. The van der Waals surface area contributed by atoms with Crippen molar-refractivity contribution in [2.45, 2.75) is 6.18 Å². The summed E-state index contributed by atoms with van der Waals surface area (Å²) < 4.78 is 47.0. The van der Waals surface area contributed by atoms with Crippen molar-refractivity contribution in [2.75, 3.05) is 19.8 Å². The first-order valence-electron chi connectivity index (χ1n) is 4.42. The Bertz CT molecular complexity index is 336. The summed E-state index contributed by atoms with van der Waals surface area (Å²) >= 11 is 0. The average Bonchev–Trinajstić information content (AvgIpc) is 2.29. The molecule has 0 unspecified atom stereocenters. The molecule has 0 N–H and O–H groups in total. The maximum Gasteiger partial charge on any atom is 0.422 e. The van der Waals surface area contributed by atoms with E-state index in [4.69, 9.17) is 0 Å². The molecule has 0 aromatic carbocycles. The van der Waals surface area contributed by atoms with Gasteiger partial charge in [-0.25, -0.2) is 14.4 Å². The monoisotopic (exact) mass is 270 g/mol. The van der Waals surface area contributed by atoms with Crippen molar-refractivity contribution >= 4 is 17.9 Å². The van der Waals surface area contributed by atoms with Crippen LogP contribution in [0.25, 0.3) is 0 Å². The minimum absolute atomic E-state index is 0.780. The van der Waals surface area contributed by atoms with E-state index in [-0.39, 0.29) is 0 Å². The molecule has 0 aliphatic heterocycles. The topological polar surface area (TPSA) is 78.9 Å². The number of hydrogen-bond donors (Lipinski definition) is 0. The molecule has 6 nitrogen and oxygen atoms in total. The molecule has 18 heavy (non-hydrogen) atoms. The van der Waals surface area contributed by atoms with Gasteiger partial charge in [-0.3, -0.25) is 0 Å². The quantitative estimate of drug-likeness (QED) is 0.394. The number of esters is 3. The second-order valence-electron chi connectivity index (χ2n) is 2.75. The fourth-order valence-electron chi connectivity index (χ4n) is 0.574. The number of halogens is 3. The molecule has 0 saturated carbocycles. The molecule has 0 radical (unpaired) electrons. The van der Waals surface area contributed by atoms with Crippen LogP contribution in [0.4, 0.5) is 13.2 Å². The number of rotatable bonds is 6. The summed E-state index contributed by atoms with van der Waals surface area (Å²) in [5.74, 6) is -3.35. The second kappa shape index (κ2) is 7.30. The summed E-state index contributed by atoms with van der Waals surface area (Å²) in [6.07, 6.45) is -3.86. The second-order valence-corrected chi connectivity index (χ2v) is 2.75. The van der Waals surface area contributed by atoms with E-state index in [0.29, 0.717) is 0 Å². The Labute approximate surface area is 99.3 Å². The predicted octanol–water partition coefficient (Wildman–Crippen LogP) is 0.364. The van der Waals surface area contributed by atoms with Crippen molar-refractivity contribution in [3.63, 3.8) is 0 Å². The van der Waals surface area contributed by atoms with E-state index in [0.717, 1.165) is 6.08 Å². The van der Waals surface area contributed by atoms with Gasteiger partial charge >= 0.3 is 24.1 Å².